The van der Waals surface area contributed by atoms with Crippen molar-refractivity contribution in [3.8, 4) is 5.75 Å². The minimum absolute atomic E-state index is 0.158. The number of rotatable bonds is 5. The number of halogens is 1. The summed E-state index contributed by atoms with van der Waals surface area (Å²) in [5.41, 5.74) is 1.47. The monoisotopic (exact) mass is 349 g/mol. The normalized spacial score (nSPS) is 10.9. The van der Waals surface area contributed by atoms with Gasteiger partial charge in [0.15, 0.2) is 5.78 Å². The van der Waals surface area contributed by atoms with Gasteiger partial charge in [0.05, 0.1) is 17.1 Å². The third-order valence-corrected chi connectivity index (χ3v) is 3.89. The summed E-state index contributed by atoms with van der Waals surface area (Å²) in [5, 5.41) is 0.985. The summed E-state index contributed by atoms with van der Waals surface area (Å²) in [6, 6.07) is 5.02. The Bertz CT molecular complexity index is 786. The topological polar surface area (TPSA) is 65.5 Å². The molecule has 24 heavy (non-hydrogen) atoms. The lowest BCUT2D eigenvalue weighted by Crippen LogP contribution is -2.15. The zero-order valence-corrected chi connectivity index (χ0v) is 14.9. The van der Waals surface area contributed by atoms with Gasteiger partial charge < -0.3 is 9.47 Å². The second kappa shape index (κ2) is 7.62. The Hall–Kier alpha value is -2.14. The number of hydrogen-bond donors (Lipinski definition) is 0. The van der Waals surface area contributed by atoms with Crippen molar-refractivity contribution in [1.82, 2.24) is 4.98 Å². The number of ketones is 1. The summed E-state index contributed by atoms with van der Waals surface area (Å²) in [4.78, 5) is 28.2. The van der Waals surface area contributed by atoms with Gasteiger partial charge in [0, 0.05) is 17.9 Å². The molecular formula is C18H20ClNO4. The molecule has 0 aliphatic carbocycles. The second-order valence-electron chi connectivity index (χ2n) is 5.93. The van der Waals surface area contributed by atoms with Crippen molar-refractivity contribution in [1.29, 1.82) is 0 Å². The van der Waals surface area contributed by atoms with Crippen molar-refractivity contribution in [2.75, 3.05) is 6.61 Å². The Kier molecular flexibility index (Phi) is 5.78. The Labute approximate surface area is 145 Å². The standard InChI is InChI=1S/C18H20ClNO4/c1-5-14(21)13-8-15(24-18(22)23-9-10(2)3)12-7-6-11(4)16(19)17(12)20-13/h6-8,10H,5,9H2,1-4H3. The van der Waals surface area contributed by atoms with Crippen LogP contribution in [0.5, 0.6) is 5.75 Å². The molecule has 0 N–H and O–H groups in total. The van der Waals surface area contributed by atoms with E-state index < -0.39 is 6.16 Å². The summed E-state index contributed by atoms with van der Waals surface area (Å²) >= 11 is 6.31. The van der Waals surface area contributed by atoms with Gasteiger partial charge in [-0.15, -0.1) is 0 Å². The predicted molar refractivity (Wildman–Crippen MR) is 92.9 cm³/mol. The number of aromatic nitrogens is 1. The highest BCUT2D eigenvalue weighted by Crippen LogP contribution is 2.32. The molecule has 1 aromatic carbocycles. The largest absolute Gasteiger partial charge is 0.513 e. The fraction of sp³-hybridized carbons (Fsp3) is 0.389. The molecule has 2 aromatic rings. The molecule has 1 heterocycles. The van der Waals surface area contributed by atoms with Gasteiger partial charge in [0.25, 0.3) is 0 Å². The zero-order valence-electron chi connectivity index (χ0n) is 14.2. The Balaban J connectivity index is 2.48. The van der Waals surface area contributed by atoms with Crippen LogP contribution in [0.25, 0.3) is 10.9 Å². The average molecular weight is 350 g/mol. The third-order valence-electron chi connectivity index (χ3n) is 3.41. The average Bonchev–Trinajstić information content (AvgIpc) is 2.55. The van der Waals surface area contributed by atoms with Crippen LogP contribution in [0.4, 0.5) is 4.79 Å². The van der Waals surface area contributed by atoms with E-state index in [4.69, 9.17) is 21.1 Å². The molecular weight excluding hydrogens is 330 g/mol. The lowest BCUT2D eigenvalue weighted by Gasteiger charge is -2.12. The van der Waals surface area contributed by atoms with Gasteiger partial charge >= 0.3 is 6.16 Å². The van der Waals surface area contributed by atoms with Crippen LogP contribution >= 0.6 is 11.6 Å². The minimum Gasteiger partial charge on any atom is -0.434 e. The molecule has 5 nitrogen and oxygen atoms in total. The van der Waals surface area contributed by atoms with Crippen molar-refractivity contribution in [3.63, 3.8) is 0 Å². The predicted octanol–water partition coefficient (Wildman–Crippen LogP) is 4.96. The van der Waals surface area contributed by atoms with E-state index in [0.717, 1.165) is 5.56 Å². The Morgan fingerprint density at radius 3 is 2.62 bits per heavy atom. The maximum atomic E-state index is 12.0. The van der Waals surface area contributed by atoms with Crippen LogP contribution in [-0.4, -0.2) is 23.5 Å². The SMILES string of the molecule is CCC(=O)c1cc(OC(=O)OCC(C)C)c2ccc(C)c(Cl)c2n1. The Morgan fingerprint density at radius 2 is 2.00 bits per heavy atom. The lowest BCUT2D eigenvalue weighted by molar-refractivity contribution is 0.0885. The van der Waals surface area contributed by atoms with E-state index in [2.05, 4.69) is 4.98 Å². The molecule has 2 rings (SSSR count). The molecule has 0 amide bonds. The molecule has 0 bridgehead atoms. The van der Waals surface area contributed by atoms with E-state index >= 15 is 0 Å². The molecule has 1 aromatic heterocycles. The lowest BCUT2D eigenvalue weighted by atomic mass is 10.1. The Morgan fingerprint density at radius 1 is 1.29 bits per heavy atom. The first-order chi connectivity index (χ1) is 11.3. The number of hydrogen-bond acceptors (Lipinski definition) is 5. The fourth-order valence-electron chi connectivity index (χ4n) is 2.09. The van der Waals surface area contributed by atoms with Crippen LogP contribution in [0.1, 0.15) is 43.2 Å². The van der Waals surface area contributed by atoms with E-state index in [0.29, 0.717) is 22.3 Å². The number of carbonyl (C=O) groups is 2. The number of nitrogens with zero attached hydrogens (tertiary/aromatic N) is 1. The van der Waals surface area contributed by atoms with Gasteiger partial charge in [-0.3, -0.25) is 4.79 Å². The van der Waals surface area contributed by atoms with Crippen LogP contribution in [0.2, 0.25) is 5.02 Å². The second-order valence-corrected chi connectivity index (χ2v) is 6.31. The highest BCUT2D eigenvalue weighted by Gasteiger charge is 2.17. The summed E-state index contributed by atoms with van der Waals surface area (Å²) in [5.74, 6) is 0.253. The van der Waals surface area contributed by atoms with Crippen LogP contribution in [-0.2, 0) is 4.74 Å². The van der Waals surface area contributed by atoms with E-state index in [1.807, 2.05) is 20.8 Å². The van der Waals surface area contributed by atoms with Gasteiger partial charge in [0.2, 0.25) is 0 Å². The quantitative estimate of drug-likeness (QED) is 0.563. The van der Waals surface area contributed by atoms with E-state index in [9.17, 15) is 9.59 Å². The summed E-state index contributed by atoms with van der Waals surface area (Å²) in [7, 11) is 0. The molecule has 0 unspecified atom stereocenters. The highest BCUT2D eigenvalue weighted by molar-refractivity contribution is 6.36. The molecule has 128 valence electrons. The first-order valence-electron chi connectivity index (χ1n) is 7.81. The molecule has 0 spiro atoms. The smallest absolute Gasteiger partial charge is 0.434 e. The molecule has 0 saturated carbocycles. The number of carbonyl (C=O) groups excluding carboxylic acids is 2. The van der Waals surface area contributed by atoms with Crippen LogP contribution in [0.3, 0.4) is 0 Å². The maximum Gasteiger partial charge on any atom is 0.513 e. The van der Waals surface area contributed by atoms with E-state index in [1.54, 1.807) is 19.1 Å². The molecule has 6 heteroatoms. The van der Waals surface area contributed by atoms with Gasteiger partial charge in [-0.05, 0) is 24.5 Å². The van der Waals surface area contributed by atoms with E-state index in [1.165, 1.54) is 6.07 Å². The summed E-state index contributed by atoms with van der Waals surface area (Å²) in [6.07, 6.45) is -0.526. The fourth-order valence-corrected chi connectivity index (χ4v) is 2.30. The molecule has 0 atom stereocenters. The molecule has 0 fully saturated rings. The number of benzene rings is 1. The van der Waals surface area contributed by atoms with Crippen LogP contribution in [0.15, 0.2) is 18.2 Å². The molecule has 0 saturated heterocycles. The van der Waals surface area contributed by atoms with Crippen molar-refractivity contribution in [2.45, 2.75) is 34.1 Å². The minimum atomic E-state index is -0.817. The first kappa shape index (κ1) is 18.2. The van der Waals surface area contributed by atoms with Crippen LogP contribution in [0, 0.1) is 12.8 Å². The molecule has 0 aliphatic heterocycles. The summed E-state index contributed by atoms with van der Waals surface area (Å²) in [6.45, 7) is 7.69. The van der Waals surface area contributed by atoms with Crippen molar-refractivity contribution >= 4 is 34.4 Å². The number of pyridine rings is 1. The van der Waals surface area contributed by atoms with Gasteiger partial charge in [-0.25, -0.2) is 9.78 Å². The van der Waals surface area contributed by atoms with Crippen molar-refractivity contribution in [2.24, 2.45) is 5.92 Å². The number of aryl methyl sites for hydroxylation is 1. The third kappa shape index (κ3) is 4.03. The van der Waals surface area contributed by atoms with Crippen molar-refractivity contribution < 1.29 is 19.1 Å². The van der Waals surface area contributed by atoms with Crippen molar-refractivity contribution in [3.05, 3.63) is 34.5 Å². The maximum absolute atomic E-state index is 12.0. The van der Waals surface area contributed by atoms with Gasteiger partial charge in [-0.1, -0.05) is 38.4 Å². The van der Waals surface area contributed by atoms with Crippen LogP contribution < -0.4 is 4.74 Å². The first-order valence-corrected chi connectivity index (χ1v) is 8.19. The summed E-state index contributed by atoms with van der Waals surface area (Å²) < 4.78 is 10.3. The molecule has 0 aliphatic rings. The van der Waals surface area contributed by atoms with Gasteiger partial charge in [0.1, 0.15) is 11.4 Å². The highest BCUT2D eigenvalue weighted by atomic mass is 35.5. The zero-order chi connectivity index (χ0) is 17.9. The number of Topliss-reactive ketones (excluding diaryl/α,β-unsaturated/α-hetero) is 1. The van der Waals surface area contributed by atoms with Gasteiger partial charge in [-0.2, -0.15) is 0 Å². The number of fused-ring (bicyclic) bond motifs is 1. The molecule has 0 radical (unpaired) electrons. The van der Waals surface area contributed by atoms with E-state index in [-0.39, 0.29) is 29.8 Å². The number of ether oxygens (including phenoxy) is 2.